The van der Waals surface area contributed by atoms with Gasteiger partial charge in [0, 0.05) is 31.9 Å². The largest absolute Gasteiger partial charge is 0.490 e. The first-order valence-electron chi connectivity index (χ1n) is 14.0. The van der Waals surface area contributed by atoms with Crippen molar-refractivity contribution in [1.29, 1.82) is 0 Å². The summed E-state index contributed by atoms with van der Waals surface area (Å²) in [4.78, 5) is 28.0. The SMILES string of the molecule is Cc1ccc(C(CC(=O)O)c2ccc3c(nnn3C)c2C)cc1Cn1ccnc1CN1CCCCC1.O=C(O)C(F)(F)F. The number of carbonyl (C=O) groups is 2. The van der Waals surface area contributed by atoms with Gasteiger partial charge in [0.15, 0.2) is 0 Å². The summed E-state index contributed by atoms with van der Waals surface area (Å²) in [6, 6.07) is 10.4. The van der Waals surface area contributed by atoms with Crippen molar-refractivity contribution >= 4 is 23.0 Å². The quantitative estimate of drug-likeness (QED) is 0.288. The monoisotopic (exact) mass is 600 g/mol. The molecule has 0 aliphatic carbocycles. The number of aryl methyl sites for hydroxylation is 3. The lowest BCUT2D eigenvalue weighted by atomic mass is 9.84. The van der Waals surface area contributed by atoms with Crippen molar-refractivity contribution in [2.24, 2.45) is 7.05 Å². The highest BCUT2D eigenvalue weighted by molar-refractivity contribution is 5.80. The molecule has 1 unspecified atom stereocenters. The van der Waals surface area contributed by atoms with Crippen LogP contribution in [-0.4, -0.2) is 70.9 Å². The predicted octanol–water partition coefficient (Wildman–Crippen LogP) is 5.06. The van der Waals surface area contributed by atoms with Crippen LogP contribution in [0, 0.1) is 13.8 Å². The molecule has 2 aromatic carbocycles. The van der Waals surface area contributed by atoms with Gasteiger partial charge in [-0.15, -0.1) is 5.10 Å². The van der Waals surface area contributed by atoms with Crippen LogP contribution in [0.25, 0.3) is 11.0 Å². The number of hydrogen-bond acceptors (Lipinski definition) is 6. The highest BCUT2D eigenvalue weighted by atomic mass is 19.4. The normalized spacial score (nSPS) is 14.7. The van der Waals surface area contributed by atoms with Gasteiger partial charge in [0.2, 0.25) is 0 Å². The first-order valence-corrected chi connectivity index (χ1v) is 14.0. The molecular weight excluding hydrogens is 565 g/mol. The Morgan fingerprint density at radius 1 is 1.02 bits per heavy atom. The minimum atomic E-state index is -5.08. The molecule has 43 heavy (non-hydrogen) atoms. The van der Waals surface area contributed by atoms with Gasteiger partial charge >= 0.3 is 18.1 Å². The molecule has 2 aromatic heterocycles. The molecule has 13 heteroatoms. The third-order valence-corrected chi connectivity index (χ3v) is 7.81. The summed E-state index contributed by atoms with van der Waals surface area (Å²) in [7, 11) is 1.87. The van der Waals surface area contributed by atoms with Crippen molar-refractivity contribution in [3.05, 3.63) is 76.4 Å². The van der Waals surface area contributed by atoms with Gasteiger partial charge in [-0.3, -0.25) is 9.69 Å². The molecule has 0 amide bonds. The van der Waals surface area contributed by atoms with Gasteiger partial charge < -0.3 is 14.8 Å². The summed E-state index contributed by atoms with van der Waals surface area (Å²) >= 11 is 0. The number of carboxylic acid groups (broad SMARTS) is 2. The molecule has 0 radical (unpaired) electrons. The van der Waals surface area contributed by atoms with Crippen LogP contribution in [-0.2, 0) is 29.7 Å². The van der Waals surface area contributed by atoms with E-state index in [1.807, 2.05) is 38.5 Å². The van der Waals surface area contributed by atoms with Crippen LogP contribution in [0.4, 0.5) is 13.2 Å². The van der Waals surface area contributed by atoms with E-state index in [9.17, 15) is 23.1 Å². The Hall–Kier alpha value is -4.26. The fraction of sp³-hybridized carbons (Fsp3) is 0.433. The van der Waals surface area contributed by atoms with Gasteiger partial charge in [0.1, 0.15) is 11.3 Å². The molecule has 3 heterocycles. The summed E-state index contributed by atoms with van der Waals surface area (Å²) < 4.78 is 35.7. The van der Waals surface area contributed by atoms with Crippen molar-refractivity contribution < 1.29 is 33.0 Å². The molecule has 0 saturated carbocycles. The van der Waals surface area contributed by atoms with E-state index in [1.54, 1.807) is 4.68 Å². The van der Waals surface area contributed by atoms with Crippen LogP contribution >= 0.6 is 0 Å². The zero-order chi connectivity index (χ0) is 31.3. The summed E-state index contributed by atoms with van der Waals surface area (Å²) in [5.41, 5.74) is 7.09. The smallest absolute Gasteiger partial charge is 0.481 e. The molecule has 4 aromatic rings. The second-order valence-electron chi connectivity index (χ2n) is 10.8. The van der Waals surface area contributed by atoms with Crippen LogP contribution in [0.15, 0.2) is 42.7 Å². The van der Waals surface area contributed by atoms with E-state index in [1.165, 1.54) is 30.4 Å². The van der Waals surface area contributed by atoms with Crippen LogP contribution < -0.4 is 0 Å². The number of nitrogens with zero attached hydrogens (tertiary/aromatic N) is 6. The number of aliphatic carboxylic acids is 2. The molecule has 1 aliphatic heterocycles. The summed E-state index contributed by atoms with van der Waals surface area (Å²) in [5.74, 6) is -2.77. The Balaban J connectivity index is 0.000000541. The predicted molar refractivity (Wildman–Crippen MR) is 153 cm³/mol. The minimum Gasteiger partial charge on any atom is -0.481 e. The summed E-state index contributed by atoms with van der Waals surface area (Å²) in [6.07, 6.45) is 2.69. The Kier molecular flexibility index (Phi) is 9.84. The molecule has 1 atom stereocenters. The third kappa shape index (κ3) is 7.78. The van der Waals surface area contributed by atoms with Crippen LogP contribution in [0.1, 0.15) is 65.2 Å². The maximum Gasteiger partial charge on any atom is 0.490 e. The Morgan fingerprint density at radius 3 is 2.37 bits per heavy atom. The average molecular weight is 601 g/mol. The molecule has 1 aliphatic rings. The fourth-order valence-electron chi connectivity index (χ4n) is 5.42. The maximum absolute atomic E-state index is 11.9. The average Bonchev–Trinajstić information content (AvgIpc) is 3.55. The van der Waals surface area contributed by atoms with E-state index in [0.717, 1.165) is 53.2 Å². The lowest BCUT2D eigenvalue weighted by molar-refractivity contribution is -0.192. The number of hydrogen-bond donors (Lipinski definition) is 2. The zero-order valence-corrected chi connectivity index (χ0v) is 24.3. The Labute approximate surface area is 246 Å². The number of piperidine rings is 1. The number of rotatable bonds is 8. The zero-order valence-electron chi connectivity index (χ0n) is 24.3. The fourth-order valence-corrected chi connectivity index (χ4v) is 5.42. The standard InChI is InChI=1S/C28H34N6O2.C2HF3O2/c1-19-7-8-21(15-22(19)17-34-14-11-29-26(34)18-33-12-5-4-6-13-33)24(16-27(35)36)23-9-10-25-28(20(23)2)30-31-32(25)3;3-2(4,5)1(6)7/h7-11,14-15,24H,4-6,12-13,16-18H2,1-3H3,(H,35,36);(H,6,7). The van der Waals surface area contributed by atoms with E-state index < -0.39 is 18.1 Å². The van der Waals surface area contributed by atoms with Crippen molar-refractivity contribution in [1.82, 2.24) is 29.4 Å². The van der Waals surface area contributed by atoms with Gasteiger partial charge in [-0.2, -0.15) is 13.2 Å². The number of carboxylic acids is 2. The molecule has 1 saturated heterocycles. The number of likely N-dealkylation sites (tertiary alicyclic amines) is 1. The number of halogens is 3. The molecule has 230 valence electrons. The number of imidazole rings is 1. The van der Waals surface area contributed by atoms with E-state index in [4.69, 9.17) is 9.90 Å². The van der Waals surface area contributed by atoms with Gasteiger partial charge in [-0.25, -0.2) is 14.5 Å². The first kappa shape index (κ1) is 31.7. The lowest BCUT2D eigenvalue weighted by Gasteiger charge is -2.26. The topological polar surface area (TPSA) is 126 Å². The number of benzene rings is 2. The minimum absolute atomic E-state index is 0.0143. The Morgan fingerprint density at radius 2 is 1.72 bits per heavy atom. The summed E-state index contributed by atoms with van der Waals surface area (Å²) in [6.45, 7) is 7.97. The highest BCUT2D eigenvalue weighted by Gasteiger charge is 2.38. The Bertz CT molecular complexity index is 1590. The number of aromatic nitrogens is 5. The van der Waals surface area contributed by atoms with Crippen LogP contribution in [0.5, 0.6) is 0 Å². The number of alkyl halides is 3. The van der Waals surface area contributed by atoms with Gasteiger partial charge in [-0.05, 0) is 73.7 Å². The second kappa shape index (κ2) is 13.4. The van der Waals surface area contributed by atoms with E-state index in [-0.39, 0.29) is 12.3 Å². The first-order chi connectivity index (χ1) is 20.3. The van der Waals surface area contributed by atoms with Crippen molar-refractivity contribution in [3.8, 4) is 0 Å². The third-order valence-electron chi connectivity index (χ3n) is 7.81. The van der Waals surface area contributed by atoms with Crippen LogP contribution in [0.2, 0.25) is 0 Å². The van der Waals surface area contributed by atoms with E-state index in [2.05, 4.69) is 49.9 Å². The van der Waals surface area contributed by atoms with E-state index >= 15 is 0 Å². The molecular formula is C30H35F3N6O4. The molecule has 2 N–H and O–H groups in total. The van der Waals surface area contributed by atoms with Crippen molar-refractivity contribution in [2.45, 2.75) is 64.7 Å². The molecule has 10 nitrogen and oxygen atoms in total. The molecule has 1 fully saturated rings. The molecule has 0 bridgehead atoms. The van der Waals surface area contributed by atoms with Gasteiger partial charge in [0.05, 0.1) is 18.5 Å². The second-order valence-corrected chi connectivity index (χ2v) is 10.8. The van der Waals surface area contributed by atoms with E-state index in [0.29, 0.717) is 6.54 Å². The van der Waals surface area contributed by atoms with Crippen LogP contribution in [0.3, 0.4) is 0 Å². The van der Waals surface area contributed by atoms with Crippen molar-refractivity contribution in [3.63, 3.8) is 0 Å². The highest BCUT2D eigenvalue weighted by Crippen LogP contribution is 2.34. The maximum atomic E-state index is 11.9. The van der Waals surface area contributed by atoms with Gasteiger partial charge in [0.25, 0.3) is 0 Å². The van der Waals surface area contributed by atoms with Crippen molar-refractivity contribution in [2.75, 3.05) is 13.1 Å². The van der Waals surface area contributed by atoms with Gasteiger partial charge in [-0.1, -0.05) is 35.9 Å². The molecule has 0 spiro atoms. The molecule has 5 rings (SSSR count). The number of fused-ring (bicyclic) bond motifs is 1. The lowest BCUT2D eigenvalue weighted by Crippen LogP contribution is -2.30. The summed E-state index contributed by atoms with van der Waals surface area (Å²) in [5, 5.41) is 25.4.